The molecule has 1 aromatic heterocycles. The molecule has 1 aliphatic rings. The van der Waals surface area contributed by atoms with Gasteiger partial charge in [0.25, 0.3) is 0 Å². The molecule has 4 rings (SSSR count). The van der Waals surface area contributed by atoms with Crippen LogP contribution in [0.2, 0.25) is 0 Å². The zero-order valence-electron chi connectivity index (χ0n) is 19.0. The predicted octanol–water partition coefficient (Wildman–Crippen LogP) is 4.75. The fourth-order valence-corrected chi connectivity index (χ4v) is 5.63. The Hall–Kier alpha value is -3.51. The summed E-state index contributed by atoms with van der Waals surface area (Å²) in [5.74, 6) is -4.45. The zero-order chi connectivity index (χ0) is 26.0. The average Bonchev–Trinajstić information content (AvgIpc) is 3.21. The number of amides is 1. The standard InChI is InChI=1S/C24H21F4N3O4S/c1-14-23(22(35-30-14)7-3-15-2-4-17(25)12-19(15)27)36(33,34)31-10-8-16(9-11-31)24(32)29-21-6-5-18(26)13-20(21)28/h2-7,12-13,16H,8-11H2,1H3,(H,29,32). The highest BCUT2D eigenvalue weighted by Gasteiger charge is 2.36. The lowest BCUT2D eigenvalue weighted by molar-refractivity contribution is -0.120. The minimum absolute atomic E-state index is 0.00663. The highest BCUT2D eigenvalue weighted by molar-refractivity contribution is 7.89. The van der Waals surface area contributed by atoms with Crippen LogP contribution in [0.15, 0.2) is 45.8 Å². The van der Waals surface area contributed by atoms with E-state index in [0.29, 0.717) is 12.1 Å². The zero-order valence-corrected chi connectivity index (χ0v) is 19.8. The molecule has 36 heavy (non-hydrogen) atoms. The van der Waals surface area contributed by atoms with E-state index in [4.69, 9.17) is 4.52 Å². The Balaban J connectivity index is 1.46. The SMILES string of the molecule is Cc1noc(C=Cc2ccc(F)cc2F)c1S(=O)(=O)N1CCC(C(=O)Nc2ccc(F)cc2F)CC1. The third-order valence-corrected chi connectivity index (χ3v) is 7.88. The van der Waals surface area contributed by atoms with Gasteiger partial charge in [0.15, 0.2) is 10.7 Å². The molecule has 1 amide bonds. The monoisotopic (exact) mass is 523 g/mol. The van der Waals surface area contributed by atoms with Gasteiger partial charge in [-0.2, -0.15) is 4.31 Å². The summed E-state index contributed by atoms with van der Waals surface area (Å²) in [5.41, 5.74) is -0.0373. The van der Waals surface area contributed by atoms with Crippen LogP contribution in [0.1, 0.15) is 29.9 Å². The fraction of sp³-hybridized carbons (Fsp3) is 0.250. The van der Waals surface area contributed by atoms with Crippen LogP contribution in [0.3, 0.4) is 0 Å². The highest BCUT2D eigenvalue weighted by atomic mass is 32.2. The van der Waals surface area contributed by atoms with E-state index in [1.165, 1.54) is 29.4 Å². The summed E-state index contributed by atoms with van der Waals surface area (Å²) in [4.78, 5) is 12.3. The molecule has 1 aliphatic heterocycles. The van der Waals surface area contributed by atoms with Crippen molar-refractivity contribution >= 4 is 33.8 Å². The maximum absolute atomic E-state index is 13.9. The Labute approximate surface area is 204 Å². The van der Waals surface area contributed by atoms with Crippen LogP contribution in [-0.4, -0.2) is 36.9 Å². The fourth-order valence-electron chi connectivity index (χ4n) is 3.91. The van der Waals surface area contributed by atoms with Crippen molar-refractivity contribution in [3.8, 4) is 0 Å². The minimum Gasteiger partial charge on any atom is -0.355 e. The van der Waals surface area contributed by atoms with E-state index in [0.717, 1.165) is 18.2 Å². The van der Waals surface area contributed by atoms with Gasteiger partial charge in [-0.1, -0.05) is 5.16 Å². The second kappa shape index (κ2) is 10.2. The van der Waals surface area contributed by atoms with Gasteiger partial charge >= 0.3 is 0 Å². The first-order valence-electron chi connectivity index (χ1n) is 10.9. The van der Waals surface area contributed by atoms with Crippen molar-refractivity contribution in [1.29, 1.82) is 0 Å². The molecule has 0 bridgehead atoms. The van der Waals surface area contributed by atoms with Crippen LogP contribution in [0.25, 0.3) is 12.2 Å². The number of nitrogens with zero attached hydrogens (tertiary/aromatic N) is 2. The Morgan fingerprint density at radius 3 is 2.31 bits per heavy atom. The molecule has 1 N–H and O–H groups in total. The van der Waals surface area contributed by atoms with E-state index in [-0.39, 0.29) is 53.5 Å². The molecule has 190 valence electrons. The number of anilines is 1. The first kappa shape index (κ1) is 25.6. The van der Waals surface area contributed by atoms with Crippen LogP contribution < -0.4 is 5.32 Å². The molecule has 0 atom stereocenters. The van der Waals surface area contributed by atoms with Crippen molar-refractivity contribution in [2.45, 2.75) is 24.7 Å². The normalized spacial score (nSPS) is 15.5. The summed E-state index contributed by atoms with van der Waals surface area (Å²) in [6.07, 6.45) is 2.83. The third kappa shape index (κ3) is 5.34. The van der Waals surface area contributed by atoms with Crippen LogP contribution in [0.4, 0.5) is 23.2 Å². The van der Waals surface area contributed by atoms with Gasteiger partial charge in [-0.3, -0.25) is 4.79 Å². The maximum Gasteiger partial charge on any atom is 0.248 e. The molecule has 1 saturated heterocycles. The third-order valence-electron chi connectivity index (χ3n) is 5.82. The Kier molecular flexibility index (Phi) is 7.27. The quantitative estimate of drug-likeness (QED) is 0.471. The number of hydrogen-bond acceptors (Lipinski definition) is 5. The molecule has 0 saturated carbocycles. The van der Waals surface area contributed by atoms with Crippen molar-refractivity contribution in [1.82, 2.24) is 9.46 Å². The number of nitrogens with one attached hydrogen (secondary N) is 1. The van der Waals surface area contributed by atoms with Gasteiger partial charge in [0.2, 0.25) is 15.9 Å². The number of aromatic nitrogens is 1. The Bertz CT molecular complexity index is 1430. The van der Waals surface area contributed by atoms with Crippen LogP contribution in [0, 0.1) is 36.1 Å². The molecular weight excluding hydrogens is 502 g/mol. The van der Waals surface area contributed by atoms with E-state index in [2.05, 4.69) is 10.5 Å². The van der Waals surface area contributed by atoms with Crippen molar-refractivity contribution < 1.29 is 35.3 Å². The second-order valence-corrected chi connectivity index (χ2v) is 10.1. The molecule has 0 unspecified atom stereocenters. The number of carbonyl (C=O) groups excluding carboxylic acids is 1. The Morgan fingerprint density at radius 2 is 1.67 bits per heavy atom. The largest absolute Gasteiger partial charge is 0.355 e. The van der Waals surface area contributed by atoms with Gasteiger partial charge in [-0.25, -0.2) is 26.0 Å². The molecular formula is C24H21F4N3O4S. The number of sulfonamides is 1. The number of carbonyl (C=O) groups is 1. The van der Waals surface area contributed by atoms with E-state index in [1.54, 1.807) is 0 Å². The van der Waals surface area contributed by atoms with Gasteiger partial charge in [-0.05, 0) is 56.2 Å². The summed E-state index contributed by atoms with van der Waals surface area (Å²) in [7, 11) is -4.08. The second-order valence-electron chi connectivity index (χ2n) is 8.25. The lowest BCUT2D eigenvalue weighted by Gasteiger charge is -2.30. The first-order valence-corrected chi connectivity index (χ1v) is 12.4. The summed E-state index contributed by atoms with van der Waals surface area (Å²) in [6, 6.07) is 5.76. The molecule has 7 nitrogen and oxygen atoms in total. The molecule has 1 fully saturated rings. The summed E-state index contributed by atoms with van der Waals surface area (Å²) in [6.45, 7) is 1.46. The van der Waals surface area contributed by atoms with Crippen LogP contribution in [-0.2, 0) is 14.8 Å². The highest BCUT2D eigenvalue weighted by Crippen LogP contribution is 2.30. The smallest absolute Gasteiger partial charge is 0.248 e. The Morgan fingerprint density at radius 1 is 1.03 bits per heavy atom. The average molecular weight is 524 g/mol. The topological polar surface area (TPSA) is 92.5 Å². The van der Waals surface area contributed by atoms with Crippen LogP contribution >= 0.6 is 0 Å². The summed E-state index contributed by atoms with van der Waals surface area (Å²) in [5, 5.41) is 6.13. The van der Waals surface area contributed by atoms with Crippen LogP contribution in [0.5, 0.6) is 0 Å². The maximum atomic E-state index is 13.9. The molecule has 0 spiro atoms. The first-order chi connectivity index (χ1) is 17.1. The van der Waals surface area contributed by atoms with Crippen molar-refractivity contribution in [2.24, 2.45) is 5.92 Å². The number of aryl methyl sites for hydroxylation is 1. The lowest BCUT2D eigenvalue weighted by atomic mass is 9.97. The number of halogens is 4. The molecule has 0 radical (unpaired) electrons. The van der Waals surface area contributed by atoms with Gasteiger partial charge in [-0.15, -0.1) is 0 Å². The van der Waals surface area contributed by atoms with E-state index >= 15 is 0 Å². The van der Waals surface area contributed by atoms with Gasteiger partial charge < -0.3 is 9.84 Å². The van der Waals surface area contributed by atoms with Gasteiger partial charge in [0, 0.05) is 36.7 Å². The number of benzene rings is 2. The number of hydrogen-bond donors (Lipinski definition) is 1. The summed E-state index contributed by atoms with van der Waals surface area (Å²) < 4.78 is 87.0. The van der Waals surface area contributed by atoms with Crippen molar-refractivity contribution in [2.75, 3.05) is 18.4 Å². The minimum atomic E-state index is -4.08. The predicted molar refractivity (Wildman–Crippen MR) is 123 cm³/mol. The van der Waals surface area contributed by atoms with Crippen molar-refractivity contribution in [3.63, 3.8) is 0 Å². The van der Waals surface area contributed by atoms with E-state index in [1.807, 2.05) is 0 Å². The summed E-state index contributed by atoms with van der Waals surface area (Å²) >= 11 is 0. The van der Waals surface area contributed by atoms with Crippen molar-refractivity contribution in [3.05, 3.63) is 76.7 Å². The molecule has 2 heterocycles. The molecule has 12 heteroatoms. The van der Waals surface area contributed by atoms with Gasteiger partial charge in [0.1, 0.15) is 29.0 Å². The van der Waals surface area contributed by atoms with E-state index < -0.39 is 45.1 Å². The number of piperidine rings is 1. The van der Waals surface area contributed by atoms with E-state index in [9.17, 15) is 30.8 Å². The lowest BCUT2D eigenvalue weighted by Crippen LogP contribution is -2.41. The molecule has 0 aliphatic carbocycles. The van der Waals surface area contributed by atoms with Gasteiger partial charge in [0.05, 0.1) is 5.69 Å². The number of rotatable bonds is 6. The molecule has 3 aromatic rings. The molecule has 2 aromatic carbocycles.